The molecule has 8 nitrogen and oxygen atoms in total. The van der Waals surface area contributed by atoms with Gasteiger partial charge in [-0.3, -0.25) is 9.48 Å². The molecule has 0 bridgehead atoms. The highest BCUT2D eigenvalue weighted by atomic mass is 32.1. The fourth-order valence-corrected chi connectivity index (χ4v) is 3.84. The third kappa shape index (κ3) is 3.10. The van der Waals surface area contributed by atoms with Crippen LogP contribution in [-0.4, -0.2) is 51.0 Å². The predicted molar refractivity (Wildman–Crippen MR) is 95.2 cm³/mol. The maximum absolute atomic E-state index is 12.9. The van der Waals surface area contributed by atoms with Gasteiger partial charge in [0, 0.05) is 26.3 Å². The first-order valence-corrected chi connectivity index (χ1v) is 9.28. The highest BCUT2D eigenvalue weighted by Crippen LogP contribution is 2.31. The zero-order valence-corrected chi connectivity index (χ0v) is 15.4. The number of thiophene rings is 1. The minimum absolute atomic E-state index is 0.0385. The Hall–Kier alpha value is -2.68. The van der Waals surface area contributed by atoms with Crippen LogP contribution in [0.1, 0.15) is 35.0 Å². The zero-order valence-electron chi connectivity index (χ0n) is 14.6. The molecule has 1 aliphatic heterocycles. The summed E-state index contributed by atoms with van der Waals surface area (Å²) in [5, 5.41) is 14.5. The number of methoxy groups -OCH3 is 1. The van der Waals surface area contributed by atoms with Crippen LogP contribution in [0.5, 0.6) is 5.88 Å². The number of hydrogen-bond acceptors (Lipinski definition) is 7. The fraction of sp³-hybridized carbons (Fsp3) is 0.412. The molecule has 3 aromatic heterocycles. The standard InChI is InChI=1S/C17H19N5O3S/c1-21-10-12(15(20-21)24-2)17(23)22-7-3-5-11(9-22)14-18-19-16(25-14)13-6-4-8-26-13/h4,6,8,10-11H,3,5,7,9H2,1-2H3. The number of aromatic nitrogens is 4. The molecule has 0 aliphatic carbocycles. The van der Waals surface area contributed by atoms with Crippen molar-refractivity contribution in [3.8, 4) is 16.6 Å². The number of likely N-dealkylation sites (tertiary alicyclic amines) is 1. The summed E-state index contributed by atoms with van der Waals surface area (Å²) in [5.41, 5.74) is 0.473. The monoisotopic (exact) mass is 373 g/mol. The molecule has 136 valence electrons. The molecule has 3 aromatic rings. The largest absolute Gasteiger partial charge is 0.479 e. The van der Waals surface area contributed by atoms with E-state index >= 15 is 0 Å². The molecule has 0 aromatic carbocycles. The summed E-state index contributed by atoms with van der Waals surface area (Å²) in [7, 11) is 3.28. The SMILES string of the molecule is COc1nn(C)cc1C(=O)N1CCCC(c2nnc(-c3cccs3)o2)C1. The van der Waals surface area contributed by atoms with E-state index < -0.39 is 0 Å². The summed E-state index contributed by atoms with van der Waals surface area (Å²) in [6.07, 6.45) is 3.49. The van der Waals surface area contributed by atoms with Gasteiger partial charge in [-0.05, 0) is 24.3 Å². The Morgan fingerprint density at radius 3 is 3.08 bits per heavy atom. The number of aryl methyl sites for hydroxylation is 1. The van der Waals surface area contributed by atoms with Crippen LogP contribution in [0.3, 0.4) is 0 Å². The van der Waals surface area contributed by atoms with Gasteiger partial charge in [-0.2, -0.15) is 0 Å². The number of amides is 1. The average molecular weight is 373 g/mol. The molecule has 1 atom stereocenters. The number of hydrogen-bond donors (Lipinski definition) is 0. The van der Waals surface area contributed by atoms with E-state index in [1.165, 1.54) is 7.11 Å². The van der Waals surface area contributed by atoms with E-state index in [9.17, 15) is 4.79 Å². The van der Waals surface area contributed by atoms with E-state index in [2.05, 4.69) is 15.3 Å². The predicted octanol–water partition coefficient (Wildman–Crippen LogP) is 2.56. The maximum atomic E-state index is 12.9. The van der Waals surface area contributed by atoms with Crippen LogP contribution in [0.25, 0.3) is 10.8 Å². The lowest BCUT2D eigenvalue weighted by Crippen LogP contribution is -2.39. The van der Waals surface area contributed by atoms with Gasteiger partial charge in [-0.25, -0.2) is 0 Å². The van der Waals surface area contributed by atoms with Gasteiger partial charge in [0.2, 0.25) is 11.8 Å². The average Bonchev–Trinajstić information content (AvgIpc) is 3.40. The maximum Gasteiger partial charge on any atom is 0.260 e. The van der Waals surface area contributed by atoms with Gasteiger partial charge in [0.15, 0.2) is 0 Å². The first kappa shape index (κ1) is 16.8. The molecule has 26 heavy (non-hydrogen) atoms. The van der Waals surface area contributed by atoms with Crippen molar-refractivity contribution in [2.75, 3.05) is 20.2 Å². The number of carbonyl (C=O) groups excluding carboxylic acids is 1. The molecule has 9 heteroatoms. The molecule has 1 amide bonds. The molecule has 1 saturated heterocycles. The Morgan fingerprint density at radius 1 is 1.42 bits per heavy atom. The smallest absolute Gasteiger partial charge is 0.260 e. The Balaban J connectivity index is 1.51. The molecule has 0 spiro atoms. The summed E-state index contributed by atoms with van der Waals surface area (Å²) in [6, 6.07) is 3.90. The third-order valence-electron chi connectivity index (χ3n) is 4.45. The van der Waals surface area contributed by atoms with E-state index in [-0.39, 0.29) is 11.8 Å². The lowest BCUT2D eigenvalue weighted by Gasteiger charge is -2.30. The van der Waals surface area contributed by atoms with E-state index in [1.807, 2.05) is 22.4 Å². The third-order valence-corrected chi connectivity index (χ3v) is 5.31. The molecule has 0 N–H and O–H groups in total. The van der Waals surface area contributed by atoms with E-state index in [4.69, 9.17) is 9.15 Å². The van der Waals surface area contributed by atoms with Crippen molar-refractivity contribution in [1.82, 2.24) is 24.9 Å². The summed E-state index contributed by atoms with van der Waals surface area (Å²) >= 11 is 1.56. The second-order valence-electron chi connectivity index (χ2n) is 6.24. The summed E-state index contributed by atoms with van der Waals surface area (Å²) < 4.78 is 12.7. The van der Waals surface area contributed by atoms with Crippen LogP contribution in [0, 0.1) is 0 Å². The van der Waals surface area contributed by atoms with Crippen molar-refractivity contribution >= 4 is 17.2 Å². The number of piperidine rings is 1. The Kier molecular flexibility index (Phi) is 4.46. The highest BCUT2D eigenvalue weighted by molar-refractivity contribution is 7.13. The molecule has 1 unspecified atom stereocenters. The number of carbonyl (C=O) groups is 1. The van der Waals surface area contributed by atoms with Crippen LogP contribution in [-0.2, 0) is 7.05 Å². The van der Waals surface area contributed by atoms with E-state index in [1.54, 1.807) is 29.3 Å². The molecule has 4 rings (SSSR count). The van der Waals surface area contributed by atoms with Crippen LogP contribution in [0.2, 0.25) is 0 Å². The van der Waals surface area contributed by atoms with Crippen molar-refractivity contribution in [3.05, 3.63) is 35.2 Å². The van der Waals surface area contributed by atoms with E-state index in [0.29, 0.717) is 36.3 Å². The van der Waals surface area contributed by atoms with Gasteiger partial charge in [-0.1, -0.05) is 6.07 Å². The molecule has 4 heterocycles. The first-order valence-electron chi connectivity index (χ1n) is 8.40. The first-order chi connectivity index (χ1) is 12.7. The Labute approximate surface area is 154 Å². The van der Waals surface area contributed by atoms with Crippen LogP contribution in [0.15, 0.2) is 28.1 Å². The second-order valence-corrected chi connectivity index (χ2v) is 7.19. The molecule has 1 aliphatic rings. The van der Waals surface area contributed by atoms with Gasteiger partial charge in [0.1, 0.15) is 5.56 Å². The van der Waals surface area contributed by atoms with Crippen molar-refractivity contribution < 1.29 is 13.9 Å². The molecule has 0 radical (unpaired) electrons. The van der Waals surface area contributed by atoms with Gasteiger partial charge in [0.05, 0.1) is 17.9 Å². The lowest BCUT2D eigenvalue weighted by atomic mass is 9.97. The number of rotatable bonds is 4. The van der Waals surface area contributed by atoms with Crippen LogP contribution < -0.4 is 4.74 Å². The normalized spacial score (nSPS) is 17.5. The Morgan fingerprint density at radius 2 is 2.31 bits per heavy atom. The van der Waals surface area contributed by atoms with E-state index in [0.717, 1.165) is 17.7 Å². The summed E-state index contributed by atoms with van der Waals surface area (Å²) in [4.78, 5) is 15.6. The van der Waals surface area contributed by atoms with Gasteiger partial charge < -0.3 is 14.1 Å². The molecular weight excluding hydrogens is 354 g/mol. The summed E-state index contributed by atoms with van der Waals surface area (Å²) in [6.45, 7) is 1.24. The van der Waals surface area contributed by atoms with Crippen molar-refractivity contribution in [1.29, 1.82) is 0 Å². The quantitative estimate of drug-likeness (QED) is 0.699. The van der Waals surface area contributed by atoms with Crippen molar-refractivity contribution in [2.24, 2.45) is 7.05 Å². The summed E-state index contributed by atoms with van der Waals surface area (Å²) in [5.74, 6) is 1.42. The minimum atomic E-state index is -0.0855. The Bertz CT molecular complexity index is 902. The lowest BCUT2D eigenvalue weighted by molar-refractivity contribution is 0.0695. The molecule has 1 fully saturated rings. The second kappa shape index (κ2) is 6.91. The highest BCUT2D eigenvalue weighted by Gasteiger charge is 2.31. The van der Waals surface area contributed by atoms with Gasteiger partial charge in [-0.15, -0.1) is 26.6 Å². The molecular formula is C17H19N5O3S. The van der Waals surface area contributed by atoms with Crippen LogP contribution >= 0.6 is 11.3 Å². The number of ether oxygens (including phenoxy) is 1. The van der Waals surface area contributed by atoms with Crippen molar-refractivity contribution in [2.45, 2.75) is 18.8 Å². The zero-order chi connectivity index (χ0) is 18.1. The van der Waals surface area contributed by atoms with Crippen molar-refractivity contribution in [3.63, 3.8) is 0 Å². The molecule has 0 saturated carbocycles. The fourth-order valence-electron chi connectivity index (χ4n) is 3.20. The minimum Gasteiger partial charge on any atom is -0.479 e. The number of nitrogens with zero attached hydrogens (tertiary/aromatic N) is 5. The van der Waals surface area contributed by atoms with Gasteiger partial charge >= 0.3 is 0 Å². The van der Waals surface area contributed by atoms with Gasteiger partial charge in [0.25, 0.3) is 11.8 Å². The topological polar surface area (TPSA) is 86.3 Å². The van der Waals surface area contributed by atoms with Crippen LogP contribution in [0.4, 0.5) is 0 Å².